The molecule has 1 amide bonds. The van der Waals surface area contributed by atoms with Crippen LogP contribution in [0.25, 0.3) is 0 Å². The molecule has 3 fully saturated rings. The van der Waals surface area contributed by atoms with Crippen LogP contribution >= 0.6 is 11.8 Å². The van der Waals surface area contributed by atoms with Crippen molar-refractivity contribution in [3.8, 4) is 0 Å². The van der Waals surface area contributed by atoms with Crippen LogP contribution in [0.15, 0.2) is 29.3 Å². The van der Waals surface area contributed by atoms with Gasteiger partial charge in [0.25, 0.3) is 0 Å². The molecule has 1 aliphatic carbocycles. The van der Waals surface area contributed by atoms with Crippen LogP contribution in [0.2, 0.25) is 0 Å². The van der Waals surface area contributed by atoms with Gasteiger partial charge in [-0.2, -0.15) is 4.99 Å². The van der Waals surface area contributed by atoms with Crippen LogP contribution in [0.4, 0.5) is 10.1 Å². The van der Waals surface area contributed by atoms with Gasteiger partial charge in [0.2, 0.25) is 5.91 Å². The largest absolute Gasteiger partial charge is 0.316 e. The number of hydrogen-bond donors (Lipinski definition) is 0. The molecular formula is C19H23FN2O3S2. The van der Waals surface area contributed by atoms with Gasteiger partial charge in [0.1, 0.15) is 5.82 Å². The lowest BCUT2D eigenvalue weighted by molar-refractivity contribution is -0.118. The Kier molecular flexibility index (Phi) is 5.29. The van der Waals surface area contributed by atoms with Gasteiger partial charge in [0, 0.05) is 17.4 Å². The summed E-state index contributed by atoms with van der Waals surface area (Å²) in [6, 6.07) is 5.66. The number of carbonyl (C=O) groups excluding carboxylic acids is 1. The van der Waals surface area contributed by atoms with Crippen molar-refractivity contribution in [3.63, 3.8) is 0 Å². The molecule has 0 aromatic heterocycles. The van der Waals surface area contributed by atoms with Crippen LogP contribution in [-0.2, 0) is 14.6 Å². The quantitative estimate of drug-likeness (QED) is 0.761. The van der Waals surface area contributed by atoms with E-state index in [2.05, 4.69) is 4.99 Å². The van der Waals surface area contributed by atoms with Crippen LogP contribution in [0.5, 0.6) is 0 Å². The van der Waals surface area contributed by atoms with E-state index in [0.717, 1.165) is 6.42 Å². The molecule has 2 heterocycles. The van der Waals surface area contributed by atoms with Gasteiger partial charge in [-0.25, -0.2) is 12.8 Å². The average molecular weight is 411 g/mol. The molecule has 2 saturated heterocycles. The maximum atomic E-state index is 13.3. The van der Waals surface area contributed by atoms with Crippen molar-refractivity contribution in [2.24, 2.45) is 10.9 Å². The highest BCUT2D eigenvalue weighted by Crippen LogP contribution is 2.41. The number of amides is 1. The zero-order chi connectivity index (χ0) is 19.0. The van der Waals surface area contributed by atoms with E-state index in [1.165, 1.54) is 49.6 Å². The zero-order valence-corrected chi connectivity index (χ0v) is 16.6. The zero-order valence-electron chi connectivity index (χ0n) is 15.0. The maximum Gasteiger partial charge on any atom is 0.248 e. The molecule has 0 spiro atoms. The van der Waals surface area contributed by atoms with Crippen molar-refractivity contribution in [2.75, 3.05) is 16.4 Å². The van der Waals surface area contributed by atoms with Crippen molar-refractivity contribution in [1.29, 1.82) is 0 Å². The van der Waals surface area contributed by atoms with E-state index in [0.29, 0.717) is 23.2 Å². The summed E-state index contributed by atoms with van der Waals surface area (Å²) in [6.45, 7) is 0. The van der Waals surface area contributed by atoms with E-state index in [1.54, 1.807) is 12.1 Å². The summed E-state index contributed by atoms with van der Waals surface area (Å²) in [5, 5.41) is 0.407. The fraction of sp³-hybridized carbons (Fsp3) is 0.579. The number of aliphatic imine (C=N–C) groups is 1. The van der Waals surface area contributed by atoms with Gasteiger partial charge in [-0.1, -0.05) is 37.4 Å². The lowest BCUT2D eigenvalue weighted by Crippen LogP contribution is -2.37. The molecule has 1 aromatic rings. The van der Waals surface area contributed by atoms with Crippen molar-refractivity contribution in [2.45, 2.75) is 49.8 Å². The van der Waals surface area contributed by atoms with E-state index in [4.69, 9.17) is 0 Å². The number of halogens is 1. The lowest BCUT2D eigenvalue weighted by atomic mass is 10.0. The monoisotopic (exact) mass is 410 g/mol. The average Bonchev–Trinajstić information content (AvgIpc) is 3.29. The molecule has 5 nitrogen and oxygen atoms in total. The van der Waals surface area contributed by atoms with E-state index in [-0.39, 0.29) is 34.5 Å². The van der Waals surface area contributed by atoms with E-state index in [1.807, 2.05) is 4.90 Å². The third-order valence-electron chi connectivity index (χ3n) is 5.63. The Balaban J connectivity index is 1.54. The number of anilines is 1. The number of carbonyl (C=O) groups is 1. The molecule has 27 heavy (non-hydrogen) atoms. The van der Waals surface area contributed by atoms with E-state index >= 15 is 0 Å². The third-order valence-corrected chi connectivity index (χ3v) is 8.84. The summed E-state index contributed by atoms with van der Waals surface area (Å²) < 4.78 is 37.4. The number of amidine groups is 1. The molecule has 2 aliphatic heterocycles. The highest BCUT2D eigenvalue weighted by molar-refractivity contribution is 8.16. The Labute approximate surface area is 163 Å². The fourth-order valence-corrected chi connectivity index (χ4v) is 8.19. The summed E-state index contributed by atoms with van der Waals surface area (Å²) in [5.74, 6) is 0.252. The van der Waals surface area contributed by atoms with Gasteiger partial charge in [-0.3, -0.25) is 4.79 Å². The molecule has 0 N–H and O–H groups in total. The van der Waals surface area contributed by atoms with Gasteiger partial charge in [0.05, 0.1) is 17.5 Å². The predicted molar refractivity (Wildman–Crippen MR) is 106 cm³/mol. The van der Waals surface area contributed by atoms with Crippen molar-refractivity contribution >= 4 is 38.4 Å². The van der Waals surface area contributed by atoms with Crippen LogP contribution in [0.3, 0.4) is 0 Å². The number of thioether (sulfide) groups is 1. The summed E-state index contributed by atoms with van der Waals surface area (Å²) >= 11 is 1.36. The van der Waals surface area contributed by atoms with Gasteiger partial charge in [-0.15, -0.1) is 0 Å². The SMILES string of the molecule is O=C(CCC1CCCC1)N=C1S[C@H]2CS(=O)(=O)C[C@@H]2N1c1ccc(F)cc1. The minimum absolute atomic E-state index is 0.0390. The molecule has 3 aliphatic rings. The van der Waals surface area contributed by atoms with E-state index in [9.17, 15) is 17.6 Å². The normalized spacial score (nSPS) is 28.8. The Bertz CT molecular complexity index is 848. The Morgan fingerprint density at radius 3 is 2.59 bits per heavy atom. The first-order valence-electron chi connectivity index (χ1n) is 9.45. The van der Waals surface area contributed by atoms with E-state index < -0.39 is 9.84 Å². The molecular weight excluding hydrogens is 387 g/mol. The molecule has 0 unspecified atom stereocenters. The van der Waals surface area contributed by atoms with Crippen molar-refractivity contribution < 1.29 is 17.6 Å². The first-order chi connectivity index (χ1) is 12.9. The van der Waals surface area contributed by atoms with Crippen molar-refractivity contribution in [3.05, 3.63) is 30.1 Å². The number of benzene rings is 1. The summed E-state index contributed by atoms with van der Waals surface area (Å²) in [4.78, 5) is 18.6. The van der Waals surface area contributed by atoms with Crippen LogP contribution in [-0.4, -0.2) is 42.3 Å². The smallest absolute Gasteiger partial charge is 0.248 e. The fourth-order valence-electron chi connectivity index (χ4n) is 4.26. The standard InChI is InChI=1S/C19H23FN2O3S2/c20-14-6-8-15(9-7-14)22-16-11-27(24,25)12-17(16)26-19(22)21-18(23)10-5-13-3-1-2-4-13/h6-9,13,16-17H,1-5,10-12H2/t16-,17-/m0/s1. The number of nitrogens with zero attached hydrogens (tertiary/aromatic N) is 2. The topological polar surface area (TPSA) is 66.8 Å². The van der Waals surface area contributed by atoms with Gasteiger partial charge in [-0.05, 0) is 36.6 Å². The summed E-state index contributed by atoms with van der Waals surface area (Å²) in [7, 11) is -3.10. The molecule has 1 saturated carbocycles. The first-order valence-corrected chi connectivity index (χ1v) is 12.1. The second-order valence-electron chi connectivity index (χ2n) is 7.62. The number of rotatable bonds is 4. The molecule has 4 rings (SSSR count). The second-order valence-corrected chi connectivity index (χ2v) is 11.0. The van der Waals surface area contributed by atoms with Crippen LogP contribution in [0.1, 0.15) is 38.5 Å². The second kappa shape index (κ2) is 7.54. The molecule has 1 aromatic carbocycles. The molecule has 0 radical (unpaired) electrons. The van der Waals surface area contributed by atoms with Gasteiger partial charge < -0.3 is 4.90 Å². The number of hydrogen-bond acceptors (Lipinski definition) is 4. The molecule has 2 atom stereocenters. The highest BCUT2D eigenvalue weighted by atomic mass is 32.2. The molecule has 146 valence electrons. The van der Waals surface area contributed by atoms with Crippen molar-refractivity contribution in [1.82, 2.24) is 0 Å². The predicted octanol–water partition coefficient (Wildman–Crippen LogP) is 3.40. The maximum absolute atomic E-state index is 13.3. The molecule has 8 heteroatoms. The van der Waals surface area contributed by atoms with Gasteiger partial charge in [0.15, 0.2) is 15.0 Å². The highest BCUT2D eigenvalue weighted by Gasteiger charge is 2.49. The first kappa shape index (κ1) is 18.9. The Hall–Kier alpha value is -1.41. The number of sulfone groups is 1. The Morgan fingerprint density at radius 1 is 1.19 bits per heavy atom. The van der Waals surface area contributed by atoms with Gasteiger partial charge >= 0.3 is 0 Å². The summed E-state index contributed by atoms with van der Waals surface area (Å²) in [5.41, 5.74) is 0.677. The third kappa shape index (κ3) is 4.21. The molecule has 0 bridgehead atoms. The van der Waals surface area contributed by atoms with Crippen LogP contribution < -0.4 is 4.90 Å². The number of fused-ring (bicyclic) bond motifs is 1. The summed E-state index contributed by atoms with van der Waals surface area (Å²) in [6.07, 6.45) is 6.20. The minimum atomic E-state index is -3.10. The van der Waals surface area contributed by atoms with Crippen LogP contribution in [0, 0.1) is 11.7 Å². The minimum Gasteiger partial charge on any atom is -0.316 e. The lowest BCUT2D eigenvalue weighted by Gasteiger charge is -2.24. The Morgan fingerprint density at radius 2 is 1.89 bits per heavy atom.